The molecule has 0 aliphatic rings. The molecule has 6 heteroatoms. The lowest BCUT2D eigenvalue weighted by molar-refractivity contribution is -0.116. The number of halogens is 1. The number of thiazole rings is 1. The number of aromatic nitrogens is 1. The maximum absolute atomic E-state index is 13.4. The number of benzene rings is 2. The Morgan fingerprint density at radius 1 is 1.12 bits per heavy atom. The van der Waals surface area contributed by atoms with Gasteiger partial charge < -0.3 is 10.1 Å². The molecular formula is C18H15FN2O2S. The standard InChI is InChI=1S/C18H15FN2O2S/c19-14-8-4-5-9-15(14)23-11-10-17(22)21-18-20-12-16(24-18)13-6-2-1-3-7-13/h1-9,12H,10-11H2,(H,20,21,22). The molecule has 1 aromatic heterocycles. The summed E-state index contributed by atoms with van der Waals surface area (Å²) in [5.41, 5.74) is 1.05. The van der Waals surface area contributed by atoms with Crippen molar-refractivity contribution < 1.29 is 13.9 Å². The maximum atomic E-state index is 13.4. The van der Waals surface area contributed by atoms with Crippen molar-refractivity contribution in [3.05, 3.63) is 66.6 Å². The number of amides is 1. The summed E-state index contributed by atoms with van der Waals surface area (Å²) in [6, 6.07) is 15.9. The SMILES string of the molecule is O=C(CCOc1ccccc1F)Nc1ncc(-c2ccccc2)s1. The highest BCUT2D eigenvalue weighted by Crippen LogP contribution is 2.28. The van der Waals surface area contributed by atoms with Crippen molar-refractivity contribution in [3.8, 4) is 16.2 Å². The van der Waals surface area contributed by atoms with Crippen LogP contribution in [-0.4, -0.2) is 17.5 Å². The molecular weight excluding hydrogens is 327 g/mol. The molecule has 1 N–H and O–H groups in total. The minimum Gasteiger partial charge on any atom is -0.490 e. The van der Waals surface area contributed by atoms with Gasteiger partial charge in [-0.3, -0.25) is 4.79 Å². The highest BCUT2D eigenvalue weighted by atomic mass is 32.1. The normalized spacial score (nSPS) is 10.4. The van der Waals surface area contributed by atoms with E-state index in [4.69, 9.17) is 4.74 Å². The second kappa shape index (κ2) is 7.70. The smallest absolute Gasteiger partial charge is 0.229 e. The van der Waals surface area contributed by atoms with Crippen molar-refractivity contribution >= 4 is 22.4 Å². The summed E-state index contributed by atoms with van der Waals surface area (Å²) in [6.45, 7) is 0.101. The molecule has 0 fully saturated rings. The van der Waals surface area contributed by atoms with Crippen molar-refractivity contribution in [2.45, 2.75) is 6.42 Å². The lowest BCUT2D eigenvalue weighted by atomic mass is 10.2. The first-order valence-electron chi connectivity index (χ1n) is 7.41. The third kappa shape index (κ3) is 4.17. The molecule has 122 valence electrons. The minimum atomic E-state index is -0.440. The second-order valence-corrected chi connectivity index (χ2v) is 6.00. The molecule has 3 rings (SSSR count). The fourth-order valence-electron chi connectivity index (χ4n) is 2.07. The monoisotopic (exact) mass is 342 g/mol. The lowest BCUT2D eigenvalue weighted by Crippen LogP contribution is -2.15. The molecule has 0 radical (unpaired) electrons. The fourth-order valence-corrected chi connectivity index (χ4v) is 2.90. The molecule has 3 aromatic rings. The Labute approximate surface area is 142 Å². The summed E-state index contributed by atoms with van der Waals surface area (Å²) >= 11 is 1.40. The van der Waals surface area contributed by atoms with E-state index in [9.17, 15) is 9.18 Å². The van der Waals surface area contributed by atoms with Crippen molar-refractivity contribution in [1.82, 2.24) is 4.98 Å². The number of nitrogens with zero attached hydrogens (tertiary/aromatic N) is 1. The molecule has 0 aliphatic heterocycles. The number of ether oxygens (including phenoxy) is 1. The van der Waals surface area contributed by atoms with Gasteiger partial charge in [-0.1, -0.05) is 53.8 Å². The largest absolute Gasteiger partial charge is 0.490 e. The third-order valence-electron chi connectivity index (χ3n) is 3.23. The maximum Gasteiger partial charge on any atom is 0.229 e. The Hall–Kier alpha value is -2.73. The molecule has 0 saturated carbocycles. The minimum absolute atomic E-state index is 0.101. The lowest BCUT2D eigenvalue weighted by Gasteiger charge is -2.06. The van der Waals surface area contributed by atoms with Gasteiger partial charge in [0.25, 0.3) is 0 Å². The van der Waals surface area contributed by atoms with Gasteiger partial charge >= 0.3 is 0 Å². The molecule has 24 heavy (non-hydrogen) atoms. The van der Waals surface area contributed by atoms with Gasteiger partial charge in [-0.15, -0.1) is 0 Å². The van der Waals surface area contributed by atoms with Crippen LogP contribution in [0.3, 0.4) is 0 Å². The van der Waals surface area contributed by atoms with E-state index in [1.165, 1.54) is 23.5 Å². The van der Waals surface area contributed by atoms with Crippen LogP contribution in [0.4, 0.5) is 9.52 Å². The van der Waals surface area contributed by atoms with Crippen LogP contribution in [0.2, 0.25) is 0 Å². The van der Waals surface area contributed by atoms with Crippen molar-refractivity contribution in [2.24, 2.45) is 0 Å². The van der Waals surface area contributed by atoms with Crippen LogP contribution in [0.1, 0.15) is 6.42 Å². The van der Waals surface area contributed by atoms with Crippen LogP contribution >= 0.6 is 11.3 Å². The number of rotatable bonds is 6. The molecule has 2 aromatic carbocycles. The number of carbonyl (C=O) groups is 1. The van der Waals surface area contributed by atoms with Crippen molar-refractivity contribution in [1.29, 1.82) is 0 Å². The molecule has 1 heterocycles. The zero-order valence-corrected chi connectivity index (χ0v) is 13.6. The van der Waals surface area contributed by atoms with Crippen LogP contribution in [0.25, 0.3) is 10.4 Å². The molecule has 1 amide bonds. The first kappa shape index (κ1) is 16.1. The number of anilines is 1. The van der Waals surface area contributed by atoms with E-state index in [2.05, 4.69) is 10.3 Å². The molecule has 0 aliphatic carbocycles. The number of nitrogens with one attached hydrogen (secondary N) is 1. The van der Waals surface area contributed by atoms with Gasteiger partial charge in [0.05, 0.1) is 17.9 Å². The predicted octanol–water partition coefficient (Wildman–Crippen LogP) is 4.36. The van der Waals surface area contributed by atoms with E-state index >= 15 is 0 Å². The van der Waals surface area contributed by atoms with Crippen LogP contribution in [0.5, 0.6) is 5.75 Å². The summed E-state index contributed by atoms with van der Waals surface area (Å²) in [6.07, 6.45) is 1.85. The van der Waals surface area contributed by atoms with Crippen LogP contribution in [0, 0.1) is 5.82 Å². The molecule has 0 saturated heterocycles. The van der Waals surface area contributed by atoms with E-state index in [-0.39, 0.29) is 24.7 Å². The van der Waals surface area contributed by atoms with Gasteiger partial charge in [-0.2, -0.15) is 0 Å². The van der Waals surface area contributed by atoms with E-state index in [0.29, 0.717) is 5.13 Å². The molecule has 0 atom stereocenters. The second-order valence-electron chi connectivity index (χ2n) is 4.97. The number of para-hydroxylation sites is 1. The first-order valence-corrected chi connectivity index (χ1v) is 8.22. The quantitative estimate of drug-likeness (QED) is 0.724. The predicted molar refractivity (Wildman–Crippen MR) is 92.7 cm³/mol. The summed E-state index contributed by atoms with van der Waals surface area (Å²) < 4.78 is 18.7. The molecule has 0 unspecified atom stereocenters. The Bertz CT molecular complexity index is 821. The van der Waals surface area contributed by atoms with Crippen LogP contribution in [0.15, 0.2) is 60.8 Å². The number of hydrogen-bond acceptors (Lipinski definition) is 4. The zero-order chi connectivity index (χ0) is 16.8. The van der Waals surface area contributed by atoms with Gasteiger partial charge in [0.1, 0.15) is 0 Å². The average Bonchev–Trinajstić information content (AvgIpc) is 3.06. The van der Waals surface area contributed by atoms with E-state index in [1.807, 2.05) is 30.3 Å². The van der Waals surface area contributed by atoms with Gasteiger partial charge in [-0.05, 0) is 17.7 Å². The van der Waals surface area contributed by atoms with Gasteiger partial charge in [0, 0.05) is 6.20 Å². The highest BCUT2D eigenvalue weighted by molar-refractivity contribution is 7.19. The van der Waals surface area contributed by atoms with Gasteiger partial charge in [0.15, 0.2) is 16.7 Å². The summed E-state index contributed by atoms with van der Waals surface area (Å²) in [4.78, 5) is 17.1. The van der Waals surface area contributed by atoms with Gasteiger partial charge in [0.2, 0.25) is 5.91 Å². The van der Waals surface area contributed by atoms with Gasteiger partial charge in [-0.25, -0.2) is 9.37 Å². The number of hydrogen-bond donors (Lipinski definition) is 1. The first-order chi connectivity index (χ1) is 11.7. The van der Waals surface area contributed by atoms with E-state index in [0.717, 1.165) is 10.4 Å². The Kier molecular flexibility index (Phi) is 5.18. The molecule has 4 nitrogen and oxygen atoms in total. The Morgan fingerprint density at radius 2 is 1.88 bits per heavy atom. The third-order valence-corrected chi connectivity index (χ3v) is 4.20. The van der Waals surface area contributed by atoms with E-state index < -0.39 is 5.82 Å². The Balaban J connectivity index is 1.51. The molecule has 0 spiro atoms. The summed E-state index contributed by atoms with van der Waals surface area (Å²) in [7, 11) is 0. The van der Waals surface area contributed by atoms with Crippen LogP contribution in [-0.2, 0) is 4.79 Å². The fraction of sp³-hybridized carbons (Fsp3) is 0.111. The number of carbonyl (C=O) groups excluding carboxylic acids is 1. The zero-order valence-electron chi connectivity index (χ0n) is 12.7. The van der Waals surface area contributed by atoms with Crippen molar-refractivity contribution in [2.75, 3.05) is 11.9 Å². The molecule has 0 bridgehead atoms. The van der Waals surface area contributed by atoms with Crippen LogP contribution < -0.4 is 10.1 Å². The van der Waals surface area contributed by atoms with E-state index in [1.54, 1.807) is 18.3 Å². The Morgan fingerprint density at radius 3 is 2.67 bits per heavy atom. The topological polar surface area (TPSA) is 51.2 Å². The summed E-state index contributed by atoms with van der Waals surface area (Å²) in [5.74, 6) is -0.517. The summed E-state index contributed by atoms with van der Waals surface area (Å²) in [5, 5.41) is 3.26. The highest BCUT2D eigenvalue weighted by Gasteiger charge is 2.09. The van der Waals surface area contributed by atoms with Crippen molar-refractivity contribution in [3.63, 3.8) is 0 Å². The average molecular weight is 342 g/mol.